The molecule has 2 rings (SSSR count). The van der Waals surface area contributed by atoms with Gasteiger partial charge in [-0.1, -0.05) is 30.3 Å². The maximum absolute atomic E-state index is 11.8. The van der Waals surface area contributed by atoms with Crippen LogP contribution in [0.2, 0.25) is 0 Å². The van der Waals surface area contributed by atoms with E-state index in [1.807, 2.05) is 6.07 Å². The van der Waals surface area contributed by atoms with Crippen LogP contribution in [0.5, 0.6) is 0 Å². The average molecular weight is 262 g/mol. The van der Waals surface area contributed by atoms with Crippen molar-refractivity contribution < 1.29 is 9.90 Å². The van der Waals surface area contributed by atoms with Crippen LogP contribution in [0.15, 0.2) is 30.3 Å². The number of nitrogens with zero attached hydrogens (tertiary/aromatic N) is 1. The van der Waals surface area contributed by atoms with E-state index in [4.69, 9.17) is 10.8 Å². The molecule has 1 aromatic carbocycles. The van der Waals surface area contributed by atoms with Gasteiger partial charge in [-0.3, -0.25) is 4.79 Å². The first-order chi connectivity index (χ1) is 9.20. The Bertz CT molecular complexity index is 400. The second-order valence-electron chi connectivity index (χ2n) is 5.25. The van der Waals surface area contributed by atoms with Crippen LogP contribution in [0.4, 0.5) is 0 Å². The standard InChI is InChI=1S/C15H22N2O2/c16-14(11-18)15(19)17-8-6-13(7-9-17)10-12-4-2-1-3-5-12/h1-5,13-14,18H,6-11,16H2. The Labute approximate surface area is 114 Å². The predicted molar refractivity (Wildman–Crippen MR) is 74.5 cm³/mol. The number of likely N-dealkylation sites (tertiary alicyclic amines) is 1. The van der Waals surface area contributed by atoms with Gasteiger partial charge in [-0.05, 0) is 30.7 Å². The second kappa shape index (κ2) is 6.68. The number of nitrogens with two attached hydrogens (primary N) is 1. The minimum Gasteiger partial charge on any atom is -0.394 e. The number of carbonyl (C=O) groups excluding carboxylic acids is 1. The number of aliphatic hydroxyl groups excluding tert-OH is 1. The summed E-state index contributed by atoms with van der Waals surface area (Å²) in [4.78, 5) is 13.6. The molecule has 104 valence electrons. The van der Waals surface area contributed by atoms with Crippen LogP contribution in [-0.4, -0.2) is 41.7 Å². The van der Waals surface area contributed by atoms with Crippen molar-refractivity contribution in [3.8, 4) is 0 Å². The third kappa shape index (κ3) is 3.78. The highest BCUT2D eigenvalue weighted by Crippen LogP contribution is 2.21. The van der Waals surface area contributed by atoms with Crippen molar-refractivity contribution in [3.05, 3.63) is 35.9 Å². The molecule has 1 saturated heterocycles. The molecule has 0 saturated carbocycles. The van der Waals surface area contributed by atoms with E-state index in [9.17, 15) is 4.79 Å². The summed E-state index contributed by atoms with van der Waals surface area (Å²) >= 11 is 0. The molecule has 1 aromatic rings. The molecule has 0 spiro atoms. The lowest BCUT2D eigenvalue weighted by Gasteiger charge is -2.33. The molecule has 0 radical (unpaired) electrons. The zero-order chi connectivity index (χ0) is 13.7. The van der Waals surface area contributed by atoms with Crippen LogP contribution in [0.3, 0.4) is 0 Å². The van der Waals surface area contributed by atoms with E-state index < -0.39 is 6.04 Å². The fourth-order valence-electron chi connectivity index (χ4n) is 2.62. The summed E-state index contributed by atoms with van der Waals surface area (Å²) in [5.41, 5.74) is 6.92. The first-order valence-corrected chi connectivity index (χ1v) is 6.90. The van der Waals surface area contributed by atoms with Crippen LogP contribution in [0.25, 0.3) is 0 Å². The lowest BCUT2D eigenvalue weighted by atomic mass is 9.90. The van der Waals surface area contributed by atoms with Gasteiger partial charge >= 0.3 is 0 Å². The van der Waals surface area contributed by atoms with Crippen molar-refractivity contribution in [2.24, 2.45) is 11.7 Å². The van der Waals surface area contributed by atoms with Crippen LogP contribution < -0.4 is 5.73 Å². The molecule has 1 heterocycles. The van der Waals surface area contributed by atoms with Crippen LogP contribution >= 0.6 is 0 Å². The quantitative estimate of drug-likeness (QED) is 0.843. The summed E-state index contributed by atoms with van der Waals surface area (Å²) in [6.07, 6.45) is 3.10. The Morgan fingerprint density at radius 3 is 2.53 bits per heavy atom. The van der Waals surface area contributed by atoms with E-state index in [2.05, 4.69) is 24.3 Å². The summed E-state index contributed by atoms with van der Waals surface area (Å²) in [5, 5.41) is 8.91. The Kier molecular flexibility index (Phi) is 4.93. The van der Waals surface area contributed by atoms with Gasteiger partial charge in [-0.2, -0.15) is 0 Å². The predicted octanol–water partition coefficient (Wildman–Crippen LogP) is 0.787. The van der Waals surface area contributed by atoms with Crippen LogP contribution in [-0.2, 0) is 11.2 Å². The van der Waals surface area contributed by atoms with Gasteiger partial charge in [0.2, 0.25) is 5.91 Å². The van der Waals surface area contributed by atoms with E-state index in [0.717, 1.165) is 32.4 Å². The Hall–Kier alpha value is -1.39. The van der Waals surface area contributed by atoms with Gasteiger partial charge in [0.25, 0.3) is 0 Å². The molecule has 0 aliphatic carbocycles. The molecular weight excluding hydrogens is 240 g/mol. The molecule has 0 aromatic heterocycles. The topological polar surface area (TPSA) is 66.6 Å². The summed E-state index contributed by atoms with van der Waals surface area (Å²) in [6.45, 7) is 1.23. The third-order valence-corrected chi connectivity index (χ3v) is 3.81. The van der Waals surface area contributed by atoms with Crippen molar-refractivity contribution >= 4 is 5.91 Å². The van der Waals surface area contributed by atoms with Crippen LogP contribution in [0.1, 0.15) is 18.4 Å². The normalized spacial score (nSPS) is 18.3. The maximum Gasteiger partial charge on any atom is 0.241 e. The van der Waals surface area contributed by atoms with Crippen molar-refractivity contribution in [2.45, 2.75) is 25.3 Å². The molecule has 0 bridgehead atoms. The maximum atomic E-state index is 11.8. The highest BCUT2D eigenvalue weighted by atomic mass is 16.3. The fraction of sp³-hybridized carbons (Fsp3) is 0.533. The van der Waals surface area contributed by atoms with Crippen LogP contribution in [0, 0.1) is 5.92 Å². The zero-order valence-corrected chi connectivity index (χ0v) is 11.2. The molecule has 1 unspecified atom stereocenters. The molecule has 3 N–H and O–H groups in total. The first kappa shape index (κ1) is 14.0. The van der Waals surface area contributed by atoms with Crippen molar-refractivity contribution in [1.82, 2.24) is 4.90 Å². The number of carbonyl (C=O) groups is 1. The molecule has 4 nitrogen and oxygen atoms in total. The number of aliphatic hydroxyl groups is 1. The second-order valence-corrected chi connectivity index (χ2v) is 5.25. The third-order valence-electron chi connectivity index (χ3n) is 3.81. The Morgan fingerprint density at radius 2 is 1.95 bits per heavy atom. The Morgan fingerprint density at radius 1 is 1.32 bits per heavy atom. The van der Waals surface area contributed by atoms with E-state index in [0.29, 0.717) is 5.92 Å². The summed E-state index contributed by atoms with van der Waals surface area (Å²) < 4.78 is 0. The molecule has 1 atom stereocenters. The van der Waals surface area contributed by atoms with Gasteiger partial charge in [0.1, 0.15) is 6.04 Å². The van der Waals surface area contributed by atoms with E-state index in [-0.39, 0.29) is 12.5 Å². The van der Waals surface area contributed by atoms with Crippen molar-refractivity contribution in [1.29, 1.82) is 0 Å². The van der Waals surface area contributed by atoms with Gasteiger partial charge in [0.15, 0.2) is 0 Å². The monoisotopic (exact) mass is 262 g/mol. The fourth-order valence-corrected chi connectivity index (χ4v) is 2.62. The van der Waals surface area contributed by atoms with Gasteiger partial charge in [-0.15, -0.1) is 0 Å². The number of hydrogen-bond donors (Lipinski definition) is 2. The average Bonchev–Trinajstić information content (AvgIpc) is 2.47. The number of piperidine rings is 1. The summed E-state index contributed by atoms with van der Waals surface area (Å²) in [6, 6.07) is 9.70. The minimum atomic E-state index is -0.759. The first-order valence-electron chi connectivity index (χ1n) is 6.90. The molecule has 1 aliphatic rings. The van der Waals surface area contributed by atoms with E-state index in [1.54, 1.807) is 4.90 Å². The van der Waals surface area contributed by atoms with E-state index >= 15 is 0 Å². The largest absolute Gasteiger partial charge is 0.394 e. The molecule has 1 amide bonds. The number of benzene rings is 1. The smallest absolute Gasteiger partial charge is 0.241 e. The highest BCUT2D eigenvalue weighted by molar-refractivity contribution is 5.81. The molecular formula is C15H22N2O2. The molecule has 1 aliphatic heterocycles. The number of amides is 1. The number of rotatable bonds is 4. The van der Waals surface area contributed by atoms with Gasteiger partial charge in [0.05, 0.1) is 6.61 Å². The minimum absolute atomic E-state index is 0.124. The molecule has 1 fully saturated rings. The lowest BCUT2D eigenvalue weighted by molar-refractivity contribution is -0.134. The number of hydrogen-bond acceptors (Lipinski definition) is 3. The summed E-state index contributed by atoms with van der Waals surface area (Å²) in [5.74, 6) is 0.512. The van der Waals surface area contributed by atoms with Crippen molar-refractivity contribution in [3.63, 3.8) is 0 Å². The highest BCUT2D eigenvalue weighted by Gasteiger charge is 2.25. The van der Waals surface area contributed by atoms with Gasteiger partial charge in [-0.25, -0.2) is 0 Å². The van der Waals surface area contributed by atoms with E-state index in [1.165, 1.54) is 5.56 Å². The van der Waals surface area contributed by atoms with Gasteiger partial charge in [0, 0.05) is 13.1 Å². The molecule has 19 heavy (non-hydrogen) atoms. The van der Waals surface area contributed by atoms with Gasteiger partial charge < -0.3 is 15.7 Å². The SMILES string of the molecule is NC(CO)C(=O)N1CCC(Cc2ccccc2)CC1. The Balaban J connectivity index is 1.81. The zero-order valence-electron chi connectivity index (χ0n) is 11.2. The summed E-state index contributed by atoms with van der Waals surface area (Å²) in [7, 11) is 0. The lowest BCUT2D eigenvalue weighted by Crippen LogP contribution is -2.48. The van der Waals surface area contributed by atoms with Crippen molar-refractivity contribution in [2.75, 3.05) is 19.7 Å². The molecule has 4 heteroatoms.